The van der Waals surface area contributed by atoms with Crippen LogP contribution >= 0.6 is 0 Å². The molecule has 0 unspecified atom stereocenters. The third-order valence-corrected chi connectivity index (χ3v) is 4.18. The molecule has 2 rings (SSSR count). The molecule has 0 saturated heterocycles. The van der Waals surface area contributed by atoms with Gasteiger partial charge in [0.05, 0.1) is 6.54 Å². The highest BCUT2D eigenvalue weighted by atomic mass is 15.3. The van der Waals surface area contributed by atoms with E-state index in [1.165, 1.54) is 38.5 Å². The summed E-state index contributed by atoms with van der Waals surface area (Å²) in [6.07, 6.45) is 10.1. The van der Waals surface area contributed by atoms with E-state index in [-0.39, 0.29) is 0 Å². The summed E-state index contributed by atoms with van der Waals surface area (Å²) in [6, 6.07) is 0.588. The van der Waals surface area contributed by atoms with Crippen LogP contribution in [0.15, 0.2) is 6.33 Å². The Hall–Kier alpha value is -0.900. The smallest absolute Gasteiger partial charge is 0.140 e. The second kappa shape index (κ2) is 6.88. The second-order valence-corrected chi connectivity index (χ2v) is 5.41. The zero-order valence-electron chi connectivity index (χ0n) is 11.7. The van der Waals surface area contributed by atoms with Gasteiger partial charge in [0.25, 0.3) is 0 Å². The van der Waals surface area contributed by atoms with Crippen LogP contribution < -0.4 is 5.32 Å². The number of hydrogen-bond donors (Lipinski definition) is 1. The monoisotopic (exact) mass is 250 g/mol. The molecule has 1 aliphatic carbocycles. The molecule has 4 heteroatoms. The summed E-state index contributed by atoms with van der Waals surface area (Å²) in [5.41, 5.74) is 0. The summed E-state index contributed by atoms with van der Waals surface area (Å²) in [5.74, 6) is 1.89. The molecule has 102 valence electrons. The lowest BCUT2D eigenvalue weighted by molar-refractivity contribution is 0.332. The van der Waals surface area contributed by atoms with Crippen LogP contribution in [-0.2, 0) is 13.1 Å². The second-order valence-electron chi connectivity index (χ2n) is 5.41. The number of rotatable bonds is 5. The molecular formula is C14H26N4. The molecule has 0 bridgehead atoms. The largest absolute Gasteiger partial charge is 0.307 e. The van der Waals surface area contributed by atoms with Crippen molar-refractivity contribution in [3.05, 3.63) is 12.2 Å². The Morgan fingerprint density at radius 2 is 2.06 bits per heavy atom. The lowest BCUT2D eigenvalue weighted by Crippen LogP contribution is -2.33. The molecule has 1 atom stereocenters. The topological polar surface area (TPSA) is 42.7 Å². The number of aromatic nitrogens is 3. The van der Waals surface area contributed by atoms with E-state index in [1.54, 1.807) is 6.33 Å². The Morgan fingerprint density at radius 1 is 1.33 bits per heavy atom. The highest BCUT2D eigenvalue weighted by molar-refractivity contribution is 4.85. The molecule has 0 radical (unpaired) electrons. The van der Waals surface area contributed by atoms with Crippen molar-refractivity contribution in [2.24, 2.45) is 5.92 Å². The third-order valence-electron chi connectivity index (χ3n) is 4.18. The summed E-state index contributed by atoms with van der Waals surface area (Å²) in [6.45, 7) is 6.16. The molecule has 1 N–H and O–H groups in total. The van der Waals surface area contributed by atoms with Gasteiger partial charge in [-0.2, -0.15) is 5.10 Å². The van der Waals surface area contributed by atoms with Gasteiger partial charge in [0.2, 0.25) is 0 Å². The van der Waals surface area contributed by atoms with Gasteiger partial charge in [-0.3, -0.25) is 0 Å². The fourth-order valence-corrected chi connectivity index (χ4v) is 2.92. The van der Waals surface area contributed by atoms with Crippen LogP contribution in [0.25, 0.3) is 0 Å². The molecule has 0 amide bonds. The van der Waals surface area contributed by atoms with Crippen molar-refractivity contribution in [3.63, 3.8) is 0 Å². The molecule has 1 aromatic rings. The molecule has 1 aliphatic rings. The Labute approximate surface area is 110 Å². The van der Waals surface area contributed by atoms with Crippen LogP contribution in [0.5, 0.6) is 0 Å². The van der Waals surface area contributed by atoms with Gasteiger partial charge in [-0.1, -0.05) is 25.7 Å². The Bertz CT molecular complexity index is 339. The predicted molar refractivity (Wildman–Crippen MR) is 73.2 cm³/mol. The Balaban J connectivity index is 1.81. The lowest BCUT2D eigenvalue weighted by Gasteiger charge is -2.23. The first-order valence-electron chi connectivity index (χ1n) is 7.41. The first kappa shape index (κ1) is 13.5. The summed E-state index contributed by atoms with van der Waals surface area (Å²) in [4.78, 5) is 4.31. The fraction of sp³-hybridized carbons (Fsp3) is 0.857. The van der Waals surface area contributed by atoms with Crippen molar-refractivity contribution in [2.45, 2.75) is 71.5 Å². The summed E-state index contributed by atoms with van der Waals surface area (Å²) in [7, 11) is 0. The van der Waals surface area contributed by atoms with Gasteiger partial charge in [0.15, 0.2) is 0 Å². The van der Waals surface area contributed by atoms with E-state index in [0.29, 0.717) is 6.04 Å². The van der Waals surface area contributed by atoms with Crippen LogP contribution in [0.4, 0.5) is 0 Å². The molecule has 0 spiro atoms. The van der Waals surface area contributed by atoms with Gasteiger partial charge in [0.1, 0.15) is 12.2 Å². The zero-order valence-corrected chi connectivity index (χ0v) is 11.7. The van der Waals surface area contributed by atoms with E-state index >= 15 is 0 Å². The van der Waals surface area contributed by atoms with Gasteiger partial charge in [0, 0.05) is 12.6 Å². The van der Waals surface area contributed by atoms with Gasteiger partial charge >= 0.3 is 0 Å². The van der Waals surface area contributed by atoms with E-state index in [9.17, 15) is 0 Å². The molecule has 18 heavy (non-hydrogen) atoms. The Kier molecular flexibility index (Phi) is 5.17. The van der Waals surface area contributed by atoms with Crippen molar-refractivity contribution in [3.8, 4) is 0 Å². The highest BCUT2D eigenvalue weighted by Crippen LogP contribution is 2.25. The summed E-state index contributed by atoms with van der Waals surface area (Å²) in [5, 5.41) is 7.84. The van der Waals surface area contributed by atoms with Gasteiger partial charge in [-0.05, 0) is 32.6 Å². The van der Waals surface area contributed by atoms with Crippen LogP contribution in [-0.4, -0.2) is 20.8 Å². The average Bonchev–Trinajstić information content (AvgIpc) is 2.67. The van der Waals surface area contributed by atoms with E-state index in [4.69, 9.17) is 0 Å². The quantitative estimate of drug-likeness (QED) is 0.817. The SMILES string of the molecule is CCn1ncnc1CN[C@H](C)C1CCCCCC1. The molecular weight excluding hydrogens is 224 g/mol. The molecule has 1 saturated carbocycles. The molecule has 4 nitrogen and oxygen atoms in total. The fourth-order valence-electron chi connectivity index (χ4n) is 2.92. The number of hydrogen-bond acceptors (Lipinski definition) is 3. The number of aryl methyl sites for hydroxylation is 1. The maximum Gasteiger partial charge on any atom is 0.140 e. The van der Waals surface area contributed by atoms with E-state index in [1.807, 2.05) is 4.68 Å². The molecule has 0 aromatic carbocycles. The van der Waals surface area contributed by atoms with Crippen molar-refractivity contribution < 1.29 is 0 Å². The van der Waals surface area contributed by atoms with Gasteiger partial charge in [-0.15, -0.1) is 0 Å². The van der Waals surface area contributed by atoms with Crippen LogP contribution in [0.3, 0.4) is 0 Å². The molecule has 1 heterocycles. The van der Waals surface area contributed by atoms with Crippen molar-refractivity contribution in [1.82, 2.24) is 20.1 Å². The normalized spacial score (nSPS) is 19.7. The van der Waals surface area contributed by atoms with E-state index in [0.717, 1.165) is 24.8 Å². The summed E-state index contributed by atoms with van der Waals surface area (Å²) >= 11 is 0. The van der Waals surface area contributed by atoms with Crippen molar-refractivity contribution in [2.75, 3.05) is 0 Å². The van der Waals surface area contributed by atoms with Crippen LogP contribution in [0.2, 0.25) is 0 Å². The zero-order chi connectivity index (χ0) is 12.8. The van der Waals surface area contributed by atoms with Crippen LogP contribution in [0.1, 0.15) is 58.2 Å². The average molecular weight is 250 g/mol. The standard InChI is InChI=1S/C14H26N4/c1-3-18-14(16-11-17-18)10-15-12(2)13-8-6-4-5-7-9-13/h11-13,15H,3-10H2,1-2H3/t12-/m1/s1. The minimum atomic E-state index is 0.588. The first-order chi connectivity index (χ1) is 8.81. The third kappa shape index (κ3) is 3.55. The lowest BCUT2D eigenvalue weighted by atomic mass is 9.93. The Morgan fingerprint density at radius 3 is 2.72 bits per heavy atom. The number of nitrogens with zero attached hydrogens (tertiary/aromatic N) is 3. The maximum absolute atomic E-state index is 4.31. The predicted octanol–water partition coefficient (Wildman–Crippen LogP) is 2.75. The highest BCUT2D eigenvalue weighted by Gasteiger charge is 2.19. The number of nitrogens with one attached hydrogen (secondary N) is 1. The minimum absolute atomic E-state index is 0.588. The molecule has 1 aromatic heterocycles. The van der Waals surface area contributed by atoms with Gasteiger partial charge in [-0.25, -0.2) is 9.67 Å². The van der Waals surface area contributed by atoms with E-state index < -0.39 is 0 Å². The van der Waals surface area contributed by atoms with Gasteiger partial charge < -0.3 is 5.32 Å². The van der Waals surface area contributed by atoms with Crippen molar-refractivity contribution in [1.29, 1.82) is 0 Å². The van der Waals surface area contributed by atoms with E-state index in [2.05, 4.69) is 29.2 Å². The van der Waals surface area contributed by atoms with Crippen molar-refractivity contribution >= 4 is 0 Å². The van der Waals surface area contributed by atoms with Crippen LogP contribution in [0, 0.1) is 5.92 Å². The molecule has 0 aliphatic heterocycles. The maximum atomic E-state index is 4.31. The first-order valence-corrected chi connectivity index (χ1v) is 7.41. The summed E-state index contributed by atoms with van der Waals surface area (Å²) < 4.78 is 1.97. The molecule has 1 fully saturated rings. The minimum Gasteiger partial charge on any atom is -0.307 e.